The van der Waals surface area contributed by atoms with Crippen molar-refractivity contribution in [2.24, 2.45) is 0 Å². The van der Waals surface area contributed by atoms with Gasteiger partial charge in [-0.3, -0.25) is 4.90 Å². The Morgan fingerprint density at radius 1 is 1.19 bits per heavy atom. The molecule has 0 aliphatic carbocycles. The highest BCUT2D eigenvalue weighted by Crippen LogP contribution is 2.24. The van der Waals surface area contributed by atoms with Crippen molar-refractivity contribution < 1.29 is 0 Å². The van der Waals surface area contributed by atoms with Crippen LogP contribution in [0.5, 0.6) is 0 Å². The topological polar surface area (TPSA) is 15.3 Å². The molecular weight excluding hydrogens is 256 g/mol. The van der Waals surface area contributed by atoms with Crippen LogP contribution in [-0.4, -0.2) is 30.6 Å². The average molecular weight is 282 g/mol. The molecular formula is C19H26N2. The first-order chi connectivity index (χ1) is 10.3. The third-order valence-corrected chi connectivity index (χ3v) is 4.85. The molecule has 2 aromatic rings. The average Bonchev–Trinajstić information content (AvgIpc) is 2.99. The van der Waals surface area contributed by atoms with Gasteiger partial charge in [-0.1, -0.05) is 49.4 Å². The fourth-order valence-corrected chi connectivity index (χ4v) is 3.59. The molecule has 112 valence electrons. The van der Waals surface area contributed by atoms with Crippen LogP contribution in [0.15, 0.2) is 42.5 Å². The van der Waals surface area contributed by atoms with Crippen LogP contribution in [0.3, 0.4) is 0 Å². The molecule has 2 aromatic carbocycles. The van der Waals surface area contributed by atoms with Gasteiger partial charge in [0.25, 0.3) is 0 Å². The fraction of sp³-hybridized carbons (Fsp3) is 0.474. The molecule has 1 N–H and O–H groups in total. The minimum absolute atomic E-state index is 0.399. The largest absolute Gasteiger partial charge is 0.309 e. The van der Waals surface area contributed by atoms with Gasteiger partial charge in [0.15, 0.2) is 0 Å². The van der Waals surface area contributed by atoms with Crippen molar-refractivity contribution >= 4 is 10.8 Å². The third kappa shape index (κ3) is 3.12. The van der Waals surface area contributed by atoms with Crippen LogP contribution in [0.1, 0.15) is 38.3 Å². The lowest BCUT2D eigenvalue weighted by Crippen LogP contribution is -2.38. The Morgan fingerprint density at radius 2 is 2.00 bits per heavy atom. The summed E-state index contributed by atoms with van der Waals surface area (Å²) in [5.41, 5.74) is 1.41. The summed E-state index contributed by atoms with van der Waals surface area (Å²) in [6.07, 6.45) is 2.69. The van der Waals surface area contributed by atoms with Gasteiger partial charge in [0.1, 0.15) is 0 Å². The Hall–Kier alpha value is -1.38. The van der Waals surface area contributed by atoms with Gasteiger partial charge in [-0.25, -0.2) is 0 Å². The van der Waals surface area contributed by atoms with Crippen molar-refractivity contribution in [1.82, 2.24) is 10.2 Å². The number of benzene rings is 2. The maximum atomic E-state index is 3.76. The normalized spacial score (nSPS) is 21.0. The Labute approximate surface area is 128 Å². The van der Waals surface area contributed by atoms with E-state index in [0.717, 1.165) is 6.54 Å². The van der Waals surface area contributed by atoms with Crippen LogP contribution >= 0.6 is 0 Å². The van der Waals surface area contributed by atoms with Crippen molar-refractivity contribution in [2.45, 2.75) is 38.8 Å². The van der Waals surface area contributed by atoms with E-state index in [0.29, 0.717) is 12.1 Å². The van der Waals surface area contributed by atoms with Gasteiger partial charge in [-0.05, 0) is 49.2 Å². The van der Waals surface area contributed by atoms with E-state index < -0.39 is 0 Å². The Balaban J connectivity index is 1.71. The van der Waals surface area contributed by atoms with Crippen LogP contribution < -0.4 is 5.32 Å². The smallest absolute Gasteiger partial charge is 0.0298 e. The molecule has 2 unspecified atom stereocenters. The molecule has 0 amide bonds. The van der Waals surface area contributed by atoms with Crippen molar-refractivity contribution in [3.05, 3.63) is 48.0 Å². The van der Waals surface area contributed by atoms with Crippen LogP contribution in [-0.2, 0) is 0 Å². The number of nitrogens with zero attached hydrogens (tertiary/aromatic N) is 1. The lowest BCUT2D eigenvalue weighted by atomic mass is 9.99. The highest BCUT2D eigenvalue weighted by atomic mass is 15.2. The molecule has 2 atom stereocenters. The summed E-state index contributed by atoms with van der Waals surface area (Å²) >= 11 is 0. The van der Waals surface area contributed by atoms with Gasteiger partial charge >= 0.3 is 0 Å². The fourth-order valence-electron chi connectivity index (χ4n) is 3.59. The highest BCUT2D eigenvalue weighted by molar-refractivity contribution is 5.86. The van der Waals surface area contributed by atoms with Gasteiger partial charge < -0.3 is 5.32 Å². The van der Waals surface area contributed by atoms with Crippen LogP contribution in [0.2, 0.25) is 0 Å². The zero-order valence-corrected chi connectivity index (χ0v) is 13.2. The molecule has 3 rings (SSSR count). The Bertz CT molecular complexity index is 588. The van der Waals surface area contributed by atoms with E-state index in [1.165, 1.54) is 42.3 Å². The monoisotopic (exact) mass is 282 g/mol. The molecule has 0 spiro atoms. The molecule has 1 aliphatic heterocycles. The van der Waals surface area contributed by atoms with E-state index in [1.54, 1.807) is 0 Å². The standard InChI is InChI=1S/C19H26N2/c1-3-21-13-7-10-17(21)14-20-15(2)18-12-6-9-16-8-4-5-11-19(16)18/h4-6,8-9,11-12,15,17,20H,3,7,10,13-14H2,1-2H3. The van der Waals surface area contributed by atoms with Crippen LogP contribution in [0.4, 0.5) is 0 Å². The number of likely N-dealkylation sites (tertiary alicyclic amines) is 1. The number of hydrogen-bond acceptors (Lipinski definition) is 2. The summed E-state index contributed by atoms with van der Waals surface area (Å²) in [4.78, 5) is 2.60. The van der Waals surface area contributed by atoms with Gasteiger partial charge in [0, 0.05) is 18.6 Å². The van der Waals surface area contributed by atoms with Crippen molar-refractivity contribution in [3.63, 3.8) is 0 Å². The minimum Gasteiger partial charge on any atom is -0.309 e. The first-order valence-corrected chi connectivity index (χ1v) is 8.24. The molecule has 0 saturated carbocycles. The summed E-state index contributed by atoms with van der Waals surface area (Å²) in [7, 11) is 0. The predicted molar refractivity (Wildman–Crippen MR) is 90.6 cm³/mol. The predicted octanol–water partition coefficient (Wildman–Crippen LogP) is 3.97. The second-order valence-corrected chi connectivity index (χ2v) is 6.12. The molecule has 1 saturated heterocycles. The molecule has 0 bridgehead atoms. The summed E-state index contributed by atoms with van der Waals surface area (Å²) < 4.78 is 0. The van der Waals surface area contributed by atoms with E-state index in [1.807, 2.05) is 0 Å². The van der Waals surface area contributed by atoms with Crippen LogP contribution in [0.25, 0.3) is 10.8 Å². The third-order valence-electron chi connectivity index (χ3n) is 4.85. The zero-order valence-electron chi connectivity index (χ0n) is 13.2. The van der Waals surface area contributed by atoms with Gasteiger partial charge in [0.2, 0.25) is 0 Å². The molecule has 0 radical (unpaired) electrons. The molecule has 21 heavy (non-hydrogen) atoms. The molecule has 2 heteroatoms. The maximum absolute atomic E-state index is 3.76. The quantitative estimate of drug-likeness (QED) is 0.892. The molecule has 1 fully saturated rings. The highest BCUT2D eigenvalue weighted by Gasteiger charge is 2.23. The molecule has 2 nitrogen and oxygen atoms in total. The Kier molecular flexibility index (Phi) is 4.57. The van der Waals surface area contributed by atoms with Gasteiger partial charge in [-0.2, -0.15) is 0 Å². The minimum atomic E-state index is 0.399. The second-order valence-electron chi connectivity index (χ2n) is 6.12. The zero-order chi connectivity index (χ0) is 14.7. The Morgan fingerprint density at radius 3 is 2.86 bits per heavy atom. The molecule has 1 heterocycles. The van der Waals surface area contributed by atoms with Gasteiger partial charge in [0.05, 0.1) is 0 Å². The first kappa shape index (κ1) is 14.6. The van der Waals surface area contributed by atoms with Crippen molar-refractivity contribution in [2.75, 3.05) is 19.6 Å². The number of hydrogen-bond donors (Lipinski definition) is 1. The van der Waals surface area contributed by atoms with E-state index in [9.17, 15) is 0 Å². The summed E-state index contributed by atoms with van der Waals surface area (Å²) in [5.74, 6) is 0. The van der Waals surface area contributed by atoms with Crippen molar-refractivity contribution in [3.8, 4) is 0 Å². The summed E-state index contributed by atoms with van der Waals surface area (Å²) in [5, 5.41) is 6.46. The number of fused-ring (bicyclic) bond motifs is 1. The number of nitrogens with one attached hydrogen (secondary N) is 1. The van der Waals surface area contributed by atoms with Crippen molar-refractivity contribution in [1.29, 1.82) is 0 Å². The lowest BCUT2D eigenvalue weighted by molar-refractivity contribution is 0.255. The summed E-state index contributed by atoms with van der Waals surface area (Å²) in [6.45, 7) is 8.10. The lowest BCUT2D eigenvalue weighted by Gasteiger charge is -2.25. The van der Waals surface area contributed by atoms with Gasteiger partial charge in [-0.15, -0.1) is 0 Å². The number of rotatable bonds is 5. The number of likely N-dealkylation sites (N-methyl/N-ethyl adjacent to an activating group) is 1. The van der Waals surface area contributed by atoms with E-state index >= 15 is 0 Å². The SMILES string of the molecule is CCN1CCCC1CNC(C)c1cccc2ccccc12. The van der Waals surface area contributed by atoms with E-state index in [-0.39, 0.29) is 0 Å². The molecule has 1 aliphatic rings. The maximum Gasteiger partial charge on any atom is 0.0298 e. The van der Waals surface area contributed by atoms with E-state index in [4.69, 9.17) is 0 Å². The van der Waals surface area contributed by atoms with Crippen LogP contribution in [0, 0.1) is 0 Å². The first-order valence-electron chi connectivity index (χ1n) is 8.24. The summed E-state index contributed by atoms with van der Waals surface area (Å²) in [6, 6.07) is 16.4. The van der Waals surface area contributed by atoms with E-state index in [2.05, 4.69) is 66.5 Å². The second kappa shape index (κ2) is 6.59. The molecule has 0 aromatic heterocycles.